The van der Waals surface area contributed by atoms with Gasteiger partial charge in [0.15, 0.2) is 0 Å². The highest BCUT2D eigenvalue weighted by atomic mass is 32.2. The molecule has 0 aliphatic heterocycles. The van der Waals surface area contributed by atoms with Gasteiger partial charge in [0.1, 0.15) is 6.07 Å². The number of nitrogens with zero attached hydrogens (tertiary/aromatic N) is 1. The number of alkyl halides is 1. The summed E-state index contributed by atoms with van der Waals surface area (Å²) < 4.78 is 34.2. The highest BCUT2D eigenvalue weighted by molar-refractivity contribution is 8.06. The van der Waals surface area contributed by atoms with Crippen LogP contribution in [0.2, 0.25) is 0 Å². The highest BCUT2D eigenvalue weighted by Gasteiger charge is 2.54. The molecule has 104 valence electrons. The van der Waals surface area contributed by atoms with E-state index >= 15 is 0 Å². The van der Waals surface area contributed by atoms with Gasteiger partial charge in [-0.2, -0.15) is 5.26 Å². The van der Waals surface area contributed by atoms with Gasteiger partial charge in [0.2, 0.25) is 0 Å². The number of hydrogen-bond acceptors (Lipinski definition) is 5. The predicted molar refractivity (Wildman–Crippen MR) is 72.6 cm³/mol. The van der Waals surface area contributed by atoms with Gasteiger partial charge in [0.25, 0.3) is 0 Å². The monoisotopic (exact) mass is 303 g/mol. The summed E-state index contributed by atoms with van der Waals surface area (Å²) in [5, 5.41) is 9.06. The molecule has 1 unspecified atom stereocenters. The van der Waals surface area contributed by atoms with Crippen LogP contribution in [0.1, 0.15) is 13.8 Å². The van der Waals surface area contributed by atoms with Crippen LogP contribution < -0.4 is 0 Å². The van der Waals surface area contributed by atoms with Crippen molar-refractivity contribution in [2.24, 2.45) is 0 Å². The van der Waals surface area contributed by atoms with Crippen LogP contribution in [0.25, 0.3) is 0 Å². The minimum atomic E-state index is -4.17. The van der Waals surface area contributed by atoms with E-state index in [0.29, 0.717) is 16.7 Å². The van der Waals surface area contributed by atoms with Gasteiger partial charge in [-0.05, 0) is 26.0 Å². The van der Waals surface area contributed by atoms with E-state index in [2.05, 4.69) is 0 Å². The Bertz CT molecular complexity index is 483. The molecule has 0 spiro atoms. The fourth-order valence-corrected chi connectivity index (χ4v) is 4.27. The van der Waals surface area contributed by atoms with Gasteiger partial charge in [0.05, 0.1) is 13.2 Å². The smallest absolute Gasteiger partial charge is 0.305 e. The molecule has 0 amide bonds. The van der Waals surface area contributed by atoms with Crippen LogP contribution in [0.3, 0.4) is 0 Å². The first kappa shape index (κ1) is 16.2. The van der Waals surface area contributed by atoms with Gasteiger partial charge < -0.3 is 9.05 Å². The molecule has 4 nitrogen and oxygen atoms in total. The molecule has 1 aromatic rings. The third-order valence-corrected chi connectivity index (χ3v) is 5.90. The summed E-state index contributed by atoms with van der Waals surface area (Å²) in [6.07, 6.45) is 0. The predicted octanol–water partition coefficient (Wildman–Crippen LogP) is 4.19. The first-order valence-electron chi connectivity index (χ1n) is 5.74. The summed E-state index contributed by atoms with van der Waals surface area (Å²) >= 11 is 0.537. The zero-order valence-corrected chi connectivity index (χ0v) is 12.4. The van der Waals surface area contributed by atoms with Crippen LogP contribution in [0.5, 0.6) is 0 Å². The zero-order valence-electron chi connectivity index (χ0n) is 10.7. The molecule has 1 aromatic carbocycles. The van der Waals surface area contributed by atoms with Crippen molar-refractivity contribution in [1.82, 2.24) is 0 Å². The Morgan fingerprint density at radius 1 is 1.32 bits per heavy atom. The number of halogens is 1. The van der Waals surface area contributed by atoms with E-state index in [-0.39, 0.29) is 13.2 Å². The van der Waals surface area contributed by atoms with Crippen molar-refractivity contribution in [2.75, 3.05) is 13.2 Å². The molecule has 0 saturated carbocycles. The van der Waals surface area contributed by atoms with E-state index in [1.807, 2.05) is 0 Å². The van der Waals surface area contributed by atoms with Crippen molar-refractivity contribution in [3.05, 3.63) is 30.3 Å². The summed E-state index contributed by atoms with van der Waals surface area (Å²) in [4.78, 5) is 0.478. The lowest BCUT2D eigenvalue weighted by molar-refractivity contribution is 0.193. The fraction of sp³-hybridized carbons (Fsp3) is 0.417. The second-order valence-corrected chi connectivity index (χ2v) is 7.09. The molecular weight excluding hydrogens is 288 g/mol. The lowest BCUT2D eigenvalue weighted by atomic mass is 10.4. The van der Waals surface area contributed by atoms with Crippen LogP contribution in [0, 0.1) is 11.3 Å². The lowest BCUT2D eigenvalue weighted by Crippen LogP contribution is -2.20. The maximum absolute atomic E-state index is 14.7. The zero-order chi connectivity index (χ0) is 14.4. The van der Waals surface area contributed by atoms with Crippen molar-refractivity contribution in [1.29, 1.82) is 5.26 Å². The molecule has 0 radical (unpaired) electrons. The molecule has 7 heteroatoms. The maximum Gasteiger partial charge on any atom is 0.393 e. The molecular formula is C12H15FNO3PS. The number of nitriles is 1. The van der Waals surface area contributed by atoms with Gasteiger partial charge in [0, 0.05) is 4.90 Å². The summed E-state index contributed by atoms with van der Waals surface area (Å²) in [7, 11) is -4.17. The third-order valence-electron chi connectivity index (χ3n) is 2.08. The van der Waals surface area contributed by atoms with E-state index < -0.39 is 12.3 Å². The topological polar surface area (TPSA) is 59.3 Å². The molecule has 1 atom stereocenters. The molecule has 0 aromatic heterocycles. The standard InChI is InChI=1S/C12H15FNO3PS/c1-3-16-18(15,17-4-2)12(13,10-14)19-11-8-6-5-7-9-11/h5-9H,3-4H2,1-2H3. The molecule has 0 N–H and O–H groups in total. The average Bonchev–Trinajstić information content (AvgIpc) is 2.40. The van der Waals surface area contributed by atoms with Gasteiger partial charge in [-0.25, -0.2) is 4.39 Å². The second kappa shape index (κ2) is 7.06. The molecule has 1 rings (SSSR count). The summed E-state index contributed by atoms with van der Waals surface area (Å²) in [6.45, 7) is 3.13. The summed E-state index contributed by atoms with van der Waals surface area (Å²) in [5.41, 5.74) is 0. The van der Waals surface area contributed by atoms with E-state index in [9.17, 15) is 8.96 Å². The van der Waals surface area contributed by atoms with Crippen LogP contribution in [0.15, 0.2) is 35.2 Å². The van der Waals surface area contributed by atoms with Crippen LogP contribution >= 0.6 is 19.4 Å². The minimum Gasteiger partial charge on any atom is -0.305 e. The lowest BCUT2D eigenvalue weighted by Gasteiger charge is -2.26. The Morgan fingerprint density at radius 2 is 1.84 bits per heavy atom. The molecule has 0 saturated heterocycles. The number of hydrogen-bond donors (Lipinski definition) is 0. The van der Waals surface area contributed by atoms with Crippen LogP contribution in [-0.4, -0.2) is 18.0 Å². The Morgan fingerprint density at radius 3 is 2.26 bits per heavy atom. The quantitative estimate of drug-likeness (QED) is 0.558. The van der Waals surface area contributed by atoms with Crippen molar-refractivity contribution < 1.29 is 18.0 Å². The Labute approximate surface area is 116 Å². The Balaban J connectivity index is 3.07. The molecule has 0 bridgehead atoms. The molecule has 0 aliphatic rings. The van der Waals surface area contributed by atoms with Gasteiger partial charge in [-0.15, -0.1) is 0 Å². The number of benzene rings is 1. The van der Waals surface area contributed by atoms with Gasteiger partial charge in [-0.1, -0.05) is 30.0 Å². The highest BCUT2D eigenvalue weighted by Crippen LogP contribution is 2.66. The normalized spacial score (nSPS) is 14.6. The van der Waals surface area contributed by atoms with E-state index in [0.717, 1.165) is 0 Å². The van der Waals surface area contributed by atoms with E-state index in [1.54, 1.807) is 44.2 Å². The van der Waals surface area contributed by atoms with Gasteiger partial charge >= 0.3 is 12.3 Å². The van der Waals surface area contributed by atoms with E-state index in [1.165, 1.54) is 6.07 Å². The van der Waals surface area contributed by atoms with E-state index in [4.69, 9.17) is 14.3 Å². The minimum absolute atomic E-state index is 0.0000224. The SMILES string of the molecule is CCOP(=O)(OCC)C(F)(C#N)Sc1ccccc1. The Kier molecular flexibility index (Phi) is 6.02. The maximum atomic E-state index is 14.7. The molecule has 19 heavy (non-hydrogen) atoms. The summed E-state index contributed by atoms with van der Waals surface area (Å²) in [5.74, 6) is 0. The van der Waals surface area contributed by atoms with Crippen LogP contribution in [0.4, 0.5) is 4.39 Å². The molecule has 0 heterocycles. The first-order valence-corrected chi connectivity index (χ1v) is 8.10. The summed E-state index contributed by atoms with van der Waals surface area (Å²) in [6, 6.07) is 9.83. The molecule has 0 aliphatic carbocycles. The second-order valence-electron chi connectivity index (χ2n) is 3.42. The van der Waals surface area contributed by atoms with Crippen molar-refractivity contribution in [3.63, 3.8) is 0 Å². The number of thioether (sulfide) groups is 1. The first-order chi connectivity index (χ1) is 9.01. The van der Waals surface area contributed by atoms with Crippen molar-refractivity contribution in [2.45, 2.75) is 23.5 Å². The molecule has 0 fully saturated rings. The Hall–Kier alpha value is -0.860. The number of rotatable bonds is 7. The van der Waals surface area contributed by atoms with Gasteiger partial charge in [-0.3, -0.25) is 4.57 Å². The largest absolute Gasteiger partial charge is 0.393 e. The van der Waals surface area contributed by atoms with Crippen LogP contribution in [-0.2, 0) is 13.6 Å². The van der Waals surface area contributed by atoms with Crippen molar-refractivity contribution in [3.8, 4) is 6.07 Å². The third kappa shape index (κ3) is 3.80. The van der Waals surface area contributed by atoms with Crippen molar-refractivity contribution >= 4 is 19.4 Å². The average molecular weight is 303 g/mol. The fourth-order valence-electron chi connectivity index (χ4n) is 1.33.